The van der Waals surface area contributed by atoms with E-state index in [4.69, 9.17) is 11.6 Å². The van der Waals surface area contributed by atoms with Crippen molar-refractivity contribution in [1.29, 1.82) is 0 Å². The molecule has 2 rings (SSSR count). The highest BCUT2D eigenvalue weighted by Crippen LogP contribution is 2.33. The first-order chi connectivity index (χ1) is 12.6. The molecule has 0 heterocycles. The largest absolute Gasteiger partial charge is 0.452 e. The highest BCUT2D eigenvalue weighted by molar-refractivity contribution is 6.33. The second-order valence-electron chi connectivity index (χ2n) is 5.09. The summed E-state index contributed by atoms with van der Waals surface area (Å²) in [4.78, 5) is 33.8. The minimum atomic E-state index is -4.64. The molecule has 0 saturated heterocycles. The van der Waals surface area contributed by atoms with Gasteiger partial charge in [-0.2, -0.15) is 13.2 Å². The second kappa shape index (κ2) is 8.04. The van der Waals surface area contributed by atoms with Crippen LogP contribution in [0.2, 0.25) is 5.02 Å². The van der Waals surface area contributed by atoms with Crippen molar-refractivity contribution in [3.63, 3.8) is 0 Å². The van der Waals surface area contributed by atoms with Gasteiger partial charge in [-0.15, -0.1) is 0 Å². The quantitative estimate of drug-likeness (QED) is 0.462. The van der Waals surface area contributed by atoms with E-state index in [0.717, 1.165) is 24.3 Å². The molecule has 0 unspecified atom stereocenters. The number of nitro benzene ring substituents is 1. The lowest BCUT2D eigenvalue weighted by Gasteiger charge is -2.12. The standard InChI is InChI=1S/C16H10ClF3N2O5/c17-11-6-5-9(16(18,19)20)7-12(11)21-14(23)8-27-15(24)10-3-1-2-4-13(10)22(25)26/h1-7H,8H2,(H,21,23). The Labute approximate surface area is 154 Å². The van der Waals surface area contributed by atoms with E-state index in [2.05, 4.69) is 10.1 Å². The Bertz CT molecular complexity index is 902. The monoisotopic (exact) mass is 402 g/mol. The Hall–Kier alpha value is -3.14. The zero-order valence-corrected chi connectivity index (χ0v) is 14.0. The number of amides is 1. The summed E-state index contributed by atoms with van der Waals surface area (Å²) >= 11 is 5.74. The number of halogens is 4. The van der Waals surface area contributed by atoms with Crippen LogP contribution in [0.25, 0.3) is 0 Å². The Morgan fingerprint density at radius 1 is 1.19 bits per heavy atom. The maximum atomic E-state index is 12.7. The van der Waals surface area contributed by atoms with Gasteiger partial charge in [-0.05, 0) is 24.3 Å². The molecule has 0 aromatic heterocycles. The molecule has 0 bridgehead atoms. The van der Waals surface area contributed by atoms with Crippen LogP contribution in [-0.2, 0) is 15.7 Å². The van der Waals surface area contributed by atoms with Crippen molar-refractivity contribution >= 4 is 34.9 Å². The van der Waals surface area contributed by atoms with Gasteiger partial charge in [-0.1, -0.05) is 23.7 Å². The zero-order chi connectivity index (χ0) is 20.2. The number of hydrogen-bond donors (Lipinski definition) is 1. The molecule has 0 aliphatic rings. The van der Waals surface area contributed by atoms with Crippen LogP contribution in [0.15, 0.2) is 42.5 Å². The van der Waals surface area contributed by atoms with Crippen LogP contribution in [0.4, 0.5) is 24.5 Å². The molecular weight excluding hydrogens is 393 g/mol. The summed E-state index contributed by atoms with van der Waals surface area (Å²) in [6.45, 7) is -0.878. The van der Waals surface area contributed by atoms with E-state index in [1.165, 1.54) is 12.1 Å². The van der Waals surface area contributed by atoms with Crippen LogP contribution in [0.3, 0.4) is 0 Å². The lowest BCUT2D eigenvalue weighted by Crippen LogP contribution is -2.21. The van der Waals surface area contributed by atoms with Gasteiger partial charge in [-0.3, -0.25) is 14.9 Å². The minimum Gasteiger partial charge on any atom is -0.452 e. The Kier molecular flexibility index (Phi) is 6.01. The summed E-state index contributed by atoms with van der Waals surface area (Å²) in [5, 5.41) is 12.8. The summed E-state index contributed by atoms with van der Waals surface area (Å²) in [7, 11) is 0. The van der Waals surface area contributed by atoms with Gasteiger partial charge in [-0.25, -0.2) is 4.79 Å². The average molecular weight is 403 g/mol. The van der Waals surface area contributed by atoms with Crippen LogP contribution in [0, 0.1) is 10.1 Å². The lowest BCUT2D eigenvalue weighted by molar-refractivity contribution is -0.385. The maximum Gasteiger partial charge on any atom is 0.416 e. The highest BCUT2D eigenvalue weighted by Gasteiger charge is 2.31. The number of benzene rings is 2. The number of rotatable bonds is 5. The molecule has 0 spiro atoms. The van der Waals surface area contributed by atoms with Gasteiger partial charge in [0.05, 0.1) is 21.2 Å². The molecular formula is C16H10ClF3N2O5. The molecule has 1 N–H and O–H groups in total. The fourth-order valence-electron chi connectivity index (χ4n) is 2.00. The number of anilines is 1. The summed E-state index contributed by atoms with van der Waals surface area (Å²) in [6, 6.07) is 7.26. The topological polar surface area (TPSA) is 98.5 Å². The third kappa shape index (κ3) is 5.17. The van der Waals surface area contributed by atoms with Gasteiger partial charge < -0.3 is 10.1 Å². The first-order valence-electron chi connectivity index (χ1n) is 7.16. The molecule has 0 saturated carbocycles. The van der Waals surface area contributed by atoms with Gasteiger partial charge in [0, 0.05) is 6.07 Å². The van der Waals surface area contributed by atoms with Crippen LogP contribution >= 0.6 is 11.6 Å². The number of nitro groups is 1. The molecule has 27 heavy (non-hydrogen) atoms. The predicted molar refractivity (Wildman–Crippen MR) is 88.5 cm³/mol. The van der Waals surface area contributed by atoms with Crippen molar-refractivity contribution < 1.29 is 32.4 Å². The van der Waals surface area contributed by atoms with Crippen molar-refractivity contribution in [2.75, 3.05) is 11.9 Å². The first kappa shape index (κ1) is 20.2. The van der Waals surface area contributed by atoms with E-state index in [-0.39, 0.29) is 16.3 Å². The van der Waals surface area contributed by atoms with E-state index >= 15 is 0 Å². The molecule has 0 aliphatic heterocycles. The number of nitrogens with zero attached hydrogens (tertiary/aromatic N) is 1. The van der Waals surface area contributed by atoms with Crippen LogP contribution < -0.4 is 5.32 Å². The molecule has 0 atom stereocenters. The highest BCUT2D eigenvalue weighted by atomic mass is 35.5. The molecule has 0 aliphatic carbocycles. The van der Waals surface area contributed by atoms with E-state index in [0.29, 0.717) is 6.07 Å². The number of alkyl halides is 3. The number of ether oxygens (including phenoxy) is 1. The molecule has 2 aromatic rings. The van der Waals surface area contributed by atoms with Crippen molar-refractivity contribution in [3.8, 4) is 0 Å². The van der Waals surface area contributed by atoms with E-state index in [9.17, 15) is 32.9 Å². The molecule has 142 valence electrons. The predicted octanol–water partition coefficient (Wildman–Crippen LogP) is 4.06. The second-order valence-corrected chi connectivity index (χ2v) is 5.50. The third-order valence-corrected chi connectivity index (χ3v) is 3.55. The number of hydrogen-bond acceptors (Lipinski definition) is 5. The first-order valence-corrected chi connectivity index (χ1v) is 7.54. The molecule has 0 fully saturated rings. The van der Waals surface area contributed by atoms with Gasteiger partial charge in [0.2, 0.25) is 0 Å². The van der Waals surface area contributed by atoms with Crippen molar-refractivity contribution in [2.45, 2.75) is 6.18 Å². The zero-order valence-electron chi connectivity index (χ0n) is 13.2. The van der Waals surface area contributed by atoms with Crippen molar-refractivity contribution in [2.24, 2.45) is 0 Å². The average Bonchev–Trinajstić information content (AvgIpc) is 2.60. The summed E-state index contributed by atoms with van der Waals surface area (Å²) in [6.07, 6.45) is -4.64. The lowest BCUT2D eigenvalue weighted by atomic mass is 10.2. The SMILES string of the molecule is O=C(COC(=O)c1ccccc1[N+](=O)[O-])Nc1cc(C(F)(F)F)ccc1Cl. The molecule has 0 radical (unpaired) electrons. The molecule has 2 aromatic carbocycles. The summed E-state index contributed by atoms with van der Waals surface area (Å²) in [5.74, 6) is -2.10. The van der Waals surface area contributed by atoms with E-state index in [1.54, 1.807) is 0 Å². The van der Waals surface area contributed by atoms with Gasteiger partial charge >= 0.3 is 12.1 Å². The number of carbonyl (C=O) groups is 2. The molecule has 7 nitrogen and oxygen atoms in total. The van der Waals surface area contributed by atoms with E-state index in [1.807, 2.05) is 0 Å². The Morgan fingerprint density at radius 3 is 2.48 bits per heavy atom. The van der Waals surface area contributed by atoms with Crippen molar-refractivity contribution in [3.05, 3.63) is 68.7 Å². The fourth-order valence-corrected chi connectivity index (χ4v) is 2.16. The smallest absolute Gasteiger partial charge is 0.416 e. The molecule has 1 amide bonds. The molecule has 11 heteroatoms. The Balaban J connectivity index is 2.05. The van der Waals surface area contributed by atoms with Crippen LogP contribution in [-0.4, -0.2) is 23.4 Å². The van der Waals surface area contributed by atoms with Crippen LogP contribution in [0.1, 0.15) is 15.9 Å². The van der Waals surface area contributed by atoms with Gasteiger partial charge in [0.25, 0.3) is 11.6 Å². The van der Waals surface area contributed by atoms with Crippen molar-refractivity contribution in [1.82, 2.24) is 0 Å². The fraction of sp³-hybridized carbons (Fsp3) is 0.125. The number of carbonyl (C=O) groups excluding carboxylic acids is 2. The number of para-hydroxylation sites is 1. The van der Waals surface area contributed by atoms with Gasteiger partial charge in [0.15, 0.2) is 6.61 Å². The minimum absolute atomic E-state index is 0.152. The summed E-state index contributed by atoms with van der Waals surface area (Å²) in [5.41, 5.74) is -2.23. The maximum absolute atomic E-state index is 12.7. The third-order valence-electron chi connectivity index (χ3n) is 3.22. The van der Waals surface area contributed by atoms with Gasteiger partial charge in [0.1, 0.15) is 5.56 Å². The number of esters is 1. The van der Waals surface area contributed by atoms with Crippen LogP contribution in [0.5, 0.6) is 0 Å². The van der Waals surface area contributed by atoms with E-state index < -0.39 is 40.8 Å². The summed E-state index contributed by atoms with van der Waals surface area (Å²) < 4.78 is 42.8. The normalized spacial score (nSPS) is 11.0. The number of nitrogens with one attached hydrogen (secondary N) is 1. The Morgan fingerprint density at radius 2 is 1.85 bits per heavy atom.